The number of carbonyl (C=O) groups excluding carboxylic acids is 1. The number of benzene rings is 1. The Morgan fingerprint density at radius 2 is 1.47 bits per heavy atom. The molecule has 0 fully saturated rings. The van der Waals surface area contributed by atoms with Gasteiger partial charge in [0.05, 0.1) is 66.2 Å². The Hall–Kier alpha value is -2.70. The molecular formula is C26H41N3O3+2. The van der Waals surface area contributed by atoms with Gasteiger partial charge in [0.15, 0.2) is 0 Å². The molecule has 2 N–H and O–H groups in total. The number of hydrogen-bond acceptors (Lipinski definition) is 2. The van der Waals surface area contributed by atoms with Gasteiger partial charge >= 0.3 is 5.97 Å². The van der Waals surface area contributed by atoms with Crippen LogP contribution < -0.4 is 5.32 Å². The third-order valence-corrected chi connectivity index (χ3v) is 5.65. The van der Waals surface area contributed by atoms with Gasteiger partial charge in [0.25, 0.3) is 0 Å². The van der Waals surface area contributed by atoms with Gasteiger partial charge in [0.1, 0.15) is 6.54 Å². The van der Waals surface area contributed by atoms with Crippen LogP contribution >= 0.6 is 0 Å². The number of nitrogens with zero attached hydrogens (tertiary/aromatic N) is 2. The van der Waals surface area contributed by atoms with Crippen molar-refractivity contribution in [2.45, 2.75) is 25.8 Å². The fraction of sp³-hybridized carbons (Fsp3) is 0.462. The molecule has 176 valence electrons. The summed E-state index contributed by atoms with van der Waals surface area (Å²) >= 11 is 0. The molecule has 0 saturated heterocycles. The second-order valence-corrected chi connectivity index (χ2v) is 9.14. The maximum Gasteiger partial charge on any atom is 0.303 e. The minimum absolute atomic E-state index is 0.00149. The summed E-state index contributed by atoms with van der Waals surface area (Å²) in [6.45, 7) is 17.2. The standard InChI is InChI=1S/C26H39N3O3/c1-6-16-29(17-7-2,18-8-3)22-24-13-11-23(12-14-24)21-25(30)27-15-20-28(4,5)19-9-10-26(31)32/h6-8,11-14H,1-3,9-10,15-22H2,4-5H3/p+2. The lowest BCUT2D eigenvalue weighted by Crippen LogP contribution is -2.47. The summed E-state index contributed by atoms with van der Waals surface area (Å²) in [6.07, 6.45) is 6.99. The Bertz CT molecular complexity index is 742. The van der Waals surface area contributed by atoms with Crippen molar-refractivity contribution in [1.29, 1.82) is 0 Å². The summed E-state index contributed by atoms with van der Waals surface area (Å²) in [6, 6.07) is 8.22. The highest BCUT2D eigenvalue weighted by atomic mass is 16.4. The van der Waals surface area contributed by atoms with Crippen molar-refractivity contribution in [2.24, 2.45) is 0 Å². The number of hydrogen-bond donors (Lipinski definition) is 2. The number of likely N-dealkylation sites (N-methyl/N-ethyl adjacent to an activating group) is 1. The van der Waals surface area contributed by atoms with Gasteiger partial charge in [0, 0.05) is 12.0 Å². The predicted molar refractivity (Wildman–Crippen MR) is 131 cm³/mol. The lowest BCUT2D eigenvalue weighted by Gasteiger charge is -2.36. The highest BCUT2D eigenvalue weighted by Gasteiger charge is 2.23. The van der Waals surface area contributed by atoms with Crippen molar-refractivity contribution in [3.05, 3.63) is 73.4 Å². The van der Waals surface area contributed by atoms with E-state index in [0.717, 1.165) is 49.3 Å². The average Bonchev–Trinajstić information content (AvgIpc) is 2.69. The van der Waals surface area contributed by atoms with Gasteiger partial charge in [-0.3, -0.25) is 9.59 Å². The Morgan fingerprint density at radius 3 is 1.97 bits per heavy atom. The molecule has 0 bridgehead atoms. The molecule has 0 aliphatic heterocycles. The predicted octanol–water partition coefficient (Wildman–Crippen LogP) is 3.16. The molecule has 0 aromatic heterocycles. The molecule has 0 aliphatic rings. The molecule has 6 nitrogen and oxygen atoms in total. The second-order valence-electron chi connectivity index (χ2n) is 9.14. The summed E-state index contributed by atoms with van der Waals surface area (Å²) in [5, 5.41) is 11.7. The van der Waals surface area contributed by atoms with E-state index in [9.17, 15) is 9.59 Å². The second kappa shape index (κ2) is 13.7. The number of carboxylic acids is 1. The number of aliphatic carboxylic acids is 1. The smallest absolute Gasteiger partial charge is 0.303 e. The molecule has 1 rings (SSSR count). The number of amides is 1. The van der Waals surface area contributed by atoms with Crippen molar-refractivity contribution in [2.75, 3.05) is 53.4 Å². The fourth-order valence-electron chi connectivity index (χ4n) is 3.90. The Kier molecular flexibility index (Phi) is 11.7. The molecule has 0 spiro atoms. The Labute approximate surface area is 193 Å². The lowest BCUT2D eigenvalue weighted by molar-refractivity contribution is -0.924. The zero-order chi connectivity index (χ0) is 24.0. The van der Waals surface area contributed by atoms with Crippen LogP contribution in [0.3, 0.4) is 0 Å². The lowest BCUT2D eigenvalue weighted by atomic mass is 10.1. The Morgan fingerprint density at radius 1 is 0.938 bits per heavy atom. The molecule has 0 atom stereocenters. The maximum absolute atomic E-state index is 12.3. The maximum atomic E-state index is 12.3. The van der Waals surface area contributed by atoms with E-state index in [2.05, 4.69) is 51.3 Å². The van der Waals surface area contributed by atoms with Gasteiger partial charge in [-0.2, -0.15) is 0 Å². The zero-order valence-electron chi connectivity index (χ0n) is 19.9. The number of rotatable bonds is 17. The summed E-state index contributed by atoms with van der Waals surface area (Å²) < 4.78 is 1.49. The number of quaternary nitrogens is 2. The van der Waals surface area contributed by atoms with E-state index in [0.29, 0.717) is 23.9 Å². The van der Waals surface area contributed by atoms with Crippen LogP contribution in [0.25, 0.3) is 0 Å². The van der Waals surface area contributed by atoms with E-state index >= 15 is 0 Å². The van der Waals surface area contributed by atoms with Crippen molar-refractivity contribution in [3.63, 3.8) is 0 Å². The molecular weight excluding hydrogens is 402 g/mol. The summed E-state index contributed by atoms with van der Waals surface area (Å²) in [7, 11) is 4.10. The minimum atomic E-state index is -0.768. The first-order valence-corrected chi connectivity index (χ1v) is 11.2. The fourth-order valence-corrected chi connectivity index (χ4v) is 3.90. The van der Waals surface area contributed by atoms with Crippen LogP contribution in [0.2, 0.25) is 0 Å². The molecule has 1 amide bonds. The van der Waals surface area contributed by atoms with Gasteiger partial charge in [0.2, 0.25) is 5.91 Å². The average molecular weight is 444 g/mol. The summed E-state index contributed by atoms with van der Waals surface area (Å²) in [4.78, 5) is 23.0. The van der Waals surface area contributed by atoms with Crippen LogP contribution in [0.4, 0.5) is 0 Å². The number of carbonyl (C=O) groups is 2. The SMILES string of the molecule is C=CC[N+](CC=C)(CC=C)Cc1ccc(CC(=O)NCC[N+](C)(C)CCCC(=O)O)cc1. The molecule has 0 saturated carbocycles. The van der Waals surface area contributed by atoms with E-state index in [4.69, 9.17) is 5.11 Å². The van der Waals surface area contributed by atoms with Crippen LogP contribution in [0.1, 0.15) is 24.0 Å². The molecule has 1 aromatic carbocycles. The third-order valence-electron chi connectivity index (χ3n) is 5.65. The largest absolute Gasteiger partial charge is 0.481 e. The highest BCUT2D eigenvalue weighted by molar-refractivity contribution is 5.78. The quantitative estimate of drug-likeness (QED) is 0.287. The molecule has 0 radical (unpaired) electrons. The van der Waals surface area contributed by atoms with Gasteiger partial charge in [-0.25, -0.2) is 0 Å². The molecule has 1 aromatic rings. The van der Waals surface area contributed by atoms with Gasteiger partial charge in [-0.1, -0.05) is 44.0 Å². The van der Waals surface area contributed by atoms with E-state index < -0.39 is 5.97 Å². The minimum Gasteiger partial charge on any atom is -0.481 e. The van der Waals surface area contributed by atoms with Crippen molar-refractivity contribution in [1.82, 2.24) is 5.32 Å². The van der Waals surface area contributed by atoms with Crippen LogP contribution in [-0.2, 0) is 22.6 Å². The highest BCUT2D eigenvalue weighted by Crippen LogP contribution is 2.17. The molecule has 6 heteroatoms. The van der Waals surface area contributed by atoms with Crippen molar-refractivity contribution < 1.29 is 23.7 Å². The van der Waals surface area contributed by atoms with E-state index in [1.807, 2.05) is 30.4 Å². The molecule has 0 heterocycles. The zero-order valence-corrected chi connectivity index (χ0v) is 19.9. The monoisotopic (exact) mass is 443 g/mol. The van der Waals surface area contributed by atoms with E-state index in [1.54, 1.807) is 0 Å². The van der Waals surface area contributed by atoms with Crippen LogP contribution in [-0.4, -0.2) is 79.3 Å². The van der Waals surface area contributed by atoms with Crippen molar-refractivity contribution >= 4 is 11.9 Å². The van der Waals surface area contributed by atoms with Crippen LogP contribution in [0.15, 0.2) is 62.2 Å². The van der Waals surface area contributed by atoms with E-state index in [1.165, 1.54) is 5.56 Å². The normalized spacial score (nSPS) is 11.6. The first-order chi connectivity index (χ1) is 15.1. The molecule has 0 unspecified atom stereocenters. The number of carboxylic acid groups (broad SMARTS) is 1. The van der Waals surface area contributed by atoms with E-state index in [-0.39, 0.29) is 12.3 Å². The van der Waals surface area contributed by atoms with Gasteiger partial charge < -0.3 is 19.4 Å². The molecule has 32 heavy (non-hydrogen) atoms. The third kappa shape index (κ3) is 10.6. The summed E-state index contributed by atoms with van der Waals surface area (Å²) in [5.74, 6) is -0.769. The topological polar surface area (TPSA) is 66.4 Å². The first kappa shape index (κ1) is 27.3. The van der Waals surface area contributed by atoms with Gasteiger partial charge in [-0.05, 0) is 23.8 Å². The van der Waals surface area contributed by atoms with Crippen LogP contribution in [0.5, 0.6) is 0 Å². The van der Waals surface area contributed by atoms with Crippen LogP contribution in [0, 0.1) is 0 Å². The Balaban J connectivity index is 2.56. The number of nitrogens with one attached hydrogen (secondary N) is 1. The first-order valence-electron chi connectivity index (χ1n) is 11.2. The molecule has 0 aliphatic carbocycles. The van der Waals surface area contributed by atoms with Crippen molar-refractivity contribution in [3.8, 4) is 0 Å². The van der Waals surface area contributed by atoms with Gasteiger partial charge in [-0.15, -0.1) is 0 Å². The summed E-state index contributed by atoms with van der Waals surface area (Å²) in [5.41, 5.74) is 2.19.